The van der Waals surface area contributed by atoms with E-state index in [2.05, 4.69) is 5.32 Å². The Hall–Kier alpha value is -1.35. The molecule has 1 aliphatic rings. The molecule has 1 heterocycles. The Morgan fingerprint density at radius 2 is 1.62 bits per heavy atom. The highest BCUT2D eigenvalue weighted by molar-refractivity contribution is 7.92. The van der Waals surface area contributed by atoms with E-state index in [1.165, 1.54) is 0 Å². The van der Waals surface area contributed by atoms with Crippen LogP contribution in [0.4, 0.5) is 23.2 Å². The Labute approximate surface area is 119 Å². The van der Waals surface area contributed by atoms with Gasteiger partial charge in [0, 0.05) is 6.07 Å². The number of sulfonamides is 1. The van der Waals surface area contributed by atoms with Gasteiger partial charge >= 0.3 is 0 Å². The topological polar surface area (TPSA) is 58.2 Å². The van der Waals surface area contributed by atoms with Crippen molar-refractivity contribution >= 4 is 15.7 Å². The van der Waals surface area contributed by atoms with E-state index in [0.29, 0.717) is 25.9 Å². The van der Waals surface area contributed by atoms with Gasteiger partial charge in [-0.15, -0.1) is 0 Å². The predicted octanol–water partition coefficient (Wildman–Crippen LogP) is 1.98. The fraction of sp³-hybridized carbons (Fsp3) is 0.500. The zero-order valence-electron chi connectivity index (χ0n) is 10.9. The minimum Gasteiger partial charge on any atom is -0.317 e. The van der Waals surface area contributed by atoms with Crippen LogP contribution in [-0.2, 0) is 10.0 Å². The minimum absolute atomic E-state index is 0.0231. The molecule has 1 aromatic carbocycles. The van der Waals surface area contributed by atoms with E-state index in [1.54, 1.807) is 4.72 Å². The average molecular weight is 326 g/mol. The van der Waals surface area contributed by atoms with Crippen LogP contribution in [0.25, 0.3) is 0 Å². The molecule has 0 unspecified atom stereocenters. The maximum atomic E-state index is 13.4. The zero-order valence-corrected chi connectivity index (χ0v) is 11.7. The quantitative estimate of drug-likeness (QED) is 0.657. The second-order valence-corrected chi connectivity index (χ2v) is 6.69. The summed E-state index contributed by atoms with van der Waals surface area (Å²) >= 11 is 0. The van der Waals surface area contributed by atoms with E-state index >= 15 is 0 Å². The third-order valence-corrected chi connectivity index (χ3v) is 4.71. The minimum atomic E-state index is -4.10. The third-order valence-electron chi connectivity index (χ3n) is 3.28. The van der Waals surface area contributed by atoms with Crippen molar-refractivity contribution in [2.75, 3.05) is 23.6 Å². The molecule has 0 saturated carbocycles. The second-order valence-electron chi connectivity index (χ2n) is 4.92. The Bertz CT molecular complexity index is 604. The first-order valence-electron chi connectivity index (χ1n) is 6.34. The van der Waals surface area contributed by atoms with Crippen molar-refractivity contribution < 1.29 is 26.0 Å². The summed E-state index contributed by atoms with van der Waals surface area (Å²) in [4.78, 5) is 0. The van der Waals surface area contributed by atoms with E-state index in [-0.39, 0.29) is 17.7 Å². The SMILES string of the molecule is O=S(=O)(CC1CCNCC1)Nc1c(F)c(F)cc(F)c1F. The van der Waals surface area contributed by atoms with Crippen molar-refractivity contribution in [2.45, 2.75) is 12.8 Å². The highest BCUT2D eigenvalue weighted by Crippen LogP contribution is 2.26. The molecule has 0 spiro atoms. The molecule has 118 valence electrons. The Morgan fingerprint density at radius 3 is 2.14 bits per heavy atom. The van der Waals surface area contributed by atoms with Gasteiger partial charge in [-0.25, -0.2) is 26.0 Å². The van der Waals surface area contributed by atoms with Gasteiger partial charge in [-0.3, -0.25) is 4.72 Å². The van der Waals surface area contributed by atoms with Gasteiger partial charge in [-0.05, 0) is 31.8 Å². The van der Waals surface area contributed by atoms with Gasteiger partial charge < -0.3 is 5.32 Å². The fourth-order valence-electron chi connectivity index (χ4n) is 2.22. The lowest BCUT2D eigenvalue weighted by Gasteiger charge is -2.22. The summed E-state index contributed by atoms with van der Waals surface area (Å²) in [6.45, 7) is 1.30. The molecule has 2 N–H and O–H groups in total. The van der Waals surface area contributed by atoms with E-state index in [9.17, 15) is 26.0 Å². The van der Waals surface area contributed by atoms with Gasteiger partial charge in [-0.2, -0.15) is 0 Å². The molecule has 0 bridgehead atoms. The van der Waals surface area contributed by atoms with E-state index in [1.807, 2.05) is 0 Å². The molecule has 0 aromatic heterocycles. The van der Waals surface area contributed by atoms with Crippen molar-refractivity contribution in [3.8, 4) is 0 Å². The molecular weight excluding hydrogens is 312 g/mol. The third kappa shape index (κ3) is 3.85. The standard InChI is InChI=1S/C12H14F4N2O2S/c13-8-5-9(14)11(16)12(10(8)15)18-21(19,20)6-7-1-3-17-4-2-7/h5,7,17-18H,1-4,6H2. The van der Waals surface area contributed by atoms with Gasteiger partial charge in [0.2, 0.25) is 10.0 Å². The zero-order chi connectivity index (χ0) is 15.6. The molecule has 21 heavy (non-hydrogen) atoms. The lowest BCUT2D eigenvalue weighted by Crippen LogP contribution is -2.33. The Kier molecular flexibility index (Phi) is 4.72. The molecule has 1 fully saturated rings. The number of anilines is 1. The first-order valence-corrected chi connectivity index (χ1v) is 7.99. The summed E-state index contributed by atoms with van der Waals surface area (Å²) in [5.74, 6) is -7.37. The number of hydrogen-bond acceptors (Lipinski definition) is 3. The van der Waals surface area contributed by atoms with Crippen LogP contribution in [0.5, 0.6) is 0 Å². The van der Waals surface area contributed by atoms with Gasteiger partial charge in [0.25, 0.3) is 0 Å². The molecule has 0 amide bonds. The summed E-state index contributed by atoms with van der Waals surface area (Å²) < 4.78 is 78.3. The van der Waals surface area contributed by atoms with Crippen LogP contribution in [-0.4, -0.2) is 27.3 Å². The van der Waals surface area contributed by atoms with Crippen LogP contribution in [0.2, 0.25) is 0 Å². The van der Waals surface area contributed by atoms with E-state index in [4.69, 9.17) is 0 Å². The van der Waals surface area contributed by atoms with Gasteiger partial charge in [-0.1, -0.05) is 0 Å². The number of benzene rings is 1. The largest absolute Gasteiger partial charge is 0.317 e. The van der Waals surface area contributed by atoms with Gasteiger partial charge in [0.1, 0.15) is 5.69 Å². The smallest absolute Gasteiger partial charge is 0.233 e. The maximum Gasteiger partial charge on any atom is 0.233 e. The van der Waals surface area contributed by atoms with Crippen molar-refractivity contribution in [1.29, 1.82) is 0 Å². The molecule has 0 atom stereocenters. The molecule has 4 nitrogen and oxygen atoms in total. The van der Waals surface area contributed by atoms with Crippen molar-refractivity contribution in [1.82, 2.24) is 5.32 Å². The van der Waals surface area contributed by atoms with Crippen LogP contribution >= 0.6 is 0 Å². The monoisotopic (exact) mass is 326 g/mol. The highest BCUT2D eigenvalue weighted by Gasteiger charge is 2.26. The summed E-state index contributed by atoms with van der Waals surface area (Å²) in [5.41, 5.74) is -1.32. The molecule has 1 saturated heterocycles. The average Bonchev–Trinajstić information content (AvgIpc) is 2.42. The molecule has 0 aliphatic carbocycles. The van der Waals surface area contributed by atoms with Crippen LogP contribution in [0.15, 0.2) is 6.07 Å². The normalized spacial score (nSPS) is 17.0. The molecule has 9 heteroatoms. The summed E-state index contributed by atoms with van der Waals surface area (Å²) in [7, 11) is -4.10. The summed E-state index contributed by atoms with van der Waals surface area (Å²) in [5, 5.41) is 3.05. The van der Waals surface area contributed by atoms with E-state index in [0.717, 1.165) is 0 Å². The lowest BCUT2D eigenvalue weighted by atomic mass is 10.0. The first kappa shape index (κ1) is 16.0. The number of halogens is 4. The fourth-order valence-corrected chi connectivity index (χ4v) is 3.75. The number of piperidine rings is 1. The molecule has 1 aromatic rings. The van der Waals surface area contributed by atoms with Crippen LogP contribution in [0.1, 0.15) is 12.8 Å². The highest BCUT2D eigenvalue weighted by atomic mass is 32.2. The summed E-state index contributed by atoms with van der Waals surface area (Å²) in [6, 6.07) is 0.0231. The first-order chi connectivity index (χ1) is 9.80. The molecule has 1 aliphatic heterocycles. The predicted molar refractivity (Wildman–Crippen MR) is 69.3 cm³/mol. The molecule has 0 radical (unpaired) electrons. The van der Waals surface area contributed by atoms with Crippen molar-refractivity contribution in [3.63, 3.8) is 0 Å². The van der Waals surface area contributed by atoms with Crippen LogP contribution in [0.3, 0.4) is 0 Å². The number of hydrogen-bond donors (Lipinski definition) is 2. The van der Waals surface area contributed by atoms with Crippen LogP contribution < -0.4 is 10.0 Å². The Balaban J connectivity index is 2.20. The molecule has 2 rings (SSSR count). The van der Waals surface area contributed by atoms with E-state index < -0.39 is 39.0 Å². The number of rotatable bonds is 4. The van der Waals surface area contributed by atoms with Gasteiger partial charge in [0.05, 0.1) is 5.75 Å². The van der Waals surface area contributed by atoms with Crippen molar-refractivity contribution in [2.24, 2.45) is 5.92 Å². The van der Waals surface area contributed by atoms with Crippen molar-refractivity contribution in [3.05, 3.63) is 29.3 Å². The maximum absolute atomic E-state index is 13.4. The molecular formula is C12H14F4N2O2S. The lowest BCUT2D eigenvalue weighted by molar-refractivity contribution is 0.401. The second kappa shape index (κ2) is 6.18. The van der Waals surface area contributed by atoms with Gasteiger partial charge in [0.15, 0.2) is 23.3 Å². The summed E-state index contributed by atoms with van der Waals surface area (Å²) in [6.07, 6.45) is 1.20. The Morgan fingerprint density at radius 1 is 1.10 bits per heavy atom. The number of nitrogens with one attached hydrogen (secondary N) is 2. The van der Waals surface area contributed by atoms with Crippen LogP contribution in [0, 0.1) is 29.2 Å².